The molecule has 4 aromatic rings. The summed E-state index contributed by atoms with van der Waals surface area (Å²) in [5.41, 5.74) is 7.25. The molecule has 0 unspecified atom stereocenters. The average molecular weight is 676 g/mol. The number of nitrogens with one attached hydrogen (secondary N) is 1. The number of ether oxygens (including phenoxy) is 2. The Bertz CT molecular complexity index is 1830. The number of likely N-dealkylation sites (tertiary alicyclic amines) is 1. The molecule has 10 nitrogen and oxygen atoms in total. The van der Waals surface area contributed by atoms with Crippen molar-refractivity contribution in [3.05, 3.63) is 75.5 Å². The van der Waals surface area contributed by atoms with Crippen LogP contribution in [0.15, 0.2) is 48.7 Å². The minimum absolute atomic E-state index is 0.131. The van der Waals surface area contributed by atoms with Gasteiger partial charge in [-0.3, -0.25) is 19.6 Å². The quantitative estimate of drug-likeness (QED) is 0.253. The molecule has 2 aromatic heterocycles. The summed E-state index contributed by atoms with van der Waals surface area (Å²) in [6, 6.07) is 13.9. The van der Waals surface area contributed by atoms with Gasteiger partial charge in [0.25, 0.3) is 0 Å². The summed E-state index contributed by atoms with van der Waals surface area (Å²) in [4.78, 5) is 30.5. The number of benzene rings is 2. The van der Waals surface area contributed by atoms with E-state index in [1.165, 1.54) is 0 Å². The maximum Gasteiger partial charge on any atom is 0.237 e. The van der Waals surface area contributed by atoms with Crippen molar-refractivity contribution in [2.75, 3.05) is 40.4 Å². The predicted octanol–water partition coefficient (Wildman–Crippen LogP) is 5.01. The fraction of sp³-hybridized carbons (Fsp3) is 0.371. The Morgan fingerprint density at radius 2 is 1.57 bits per heavy atom. The standard InChI is InChI=1S/C35H36Cl2N6O4/c1-46-34-23-11-12-42(16-21-9-10-31(45)39-21)15-20(23)13-28(40-34)26-7-3-5-24(32(26)36)25-6-4-8-27(33(25)37)29-14-38-30(35(41-29)47-2)19-43-17-22(44)18-43/h3-8,13-14,21-22,44H,9-12,15-19H2,1-2H3,(H,39,45)/t21-/m0/s1. The molecule has 0 aliphatic carbocycles. The molecule has 2 N–H and O–H groups in total. The molecule has 47 heavy (non-hydrogen) atoms. The van der Waals surface area contributed by atoms with Crippen LogP contribution in [0.25, 0.3) is 33.6 Å². The summed E-state index contributed by atoms with van der Waals surface area (Å²) in [6.45, 7) is 4.19. The van der Waals surface area contributed by atoms with Gasteiger partial charge in [0.15, 0.2) is 0 Å². The molecule has 2 fully saturated rings. The van der Waals surface area contributed by atoms with Gasteiger partial charge in [-0.2, -0.15) is 0 Å². The lowest BCUT2D eigenvalue weighted by molar-refractivity contribution is -0.119. The molecular formula is C35H36Cl2N6O4. The van der Waals surface area contributed by atoms with Gasteiger partial charge in [0.05, 0.1) is 48.0 Å². The Balaban J connectivity index is 1.19. The SMILES string of the molecule is COc1nc(-c2cccc(-c3cccc(-c4cc5c(c(OC)n4)CCN(C[C@@H]4CCC(=O)N4)C5)c3Cl)c2Cl)cnc1CN1CC(O)C1. The maximum atomic E-state index is 11.7. The van der Waals surface area contributed by atoms with Crippen LogP contribution < -0.4 is 14.8 Å². The Morgan fingerprint density at radius 3 is 2.21 bits per heavy atom. The van der Waals surface area contributed by atoms with Crippen molar-refractivity contribution in [1.29, 1.82) is 0 Å². The lowest BCUT2D eigenvalue weighted by atomic mass is 9.95. The molecule has 3 aliphatic rings. The van der Waals surface area contributed by atoms with Crippen molar-refractivity contribution in [3.63, 3.8) is 0 Å². The number of hydrogen-bond donors (Lipinski definition) is 2. The third kappa shape index (κ3) is 6.40. The van der Waals surface area contributed by atoms with Gasteiger partial charge in [0.1, 0.15) is 5.69 Å². The van der Waals surface area contributed by atoms with Crippen LogP contribution >= 0.6 is 23.2 Å². The molecule has 2 saturated heterocycles. The Hall–Kier alpha value is -3.80. The molecule has 1 atom stereocenters. The third-order valence-electron chi connectivity index (χ3n) is 9.16. The second kappa shape index (κ2) is 13.4. The van der Waals surface area contributed by atoms with Crippen LogP contribution in [0, 0.1) is 0 Å². The lowest BCUT2D eigenvalue weighted by Crippen LogP contribution is -2.50. The first-order valence-corrected chi connectivity index (χ1v) is 16.5. The van der Waals surface area contributed by atoms with E-state index in [1.807, 2.05) is 36.4 Å². The van der Waals surface area contributed by atoms with Crippen LogP contribution in [0.5, 0.6) is 11.8 Å². The highest BCUT2D eigenvalue weighted by Crippen LogP contribution is 2.43. The molecule has 3 aliphatic heterocycles. The molecule has 244 valence electrons. The lowest BCUT2D eigenvalue weighted by Gasteiger charge is -2.35. The molecule has 0 spiro atoms. The summed E-state index contributed by atoms with van der Waals surface area (Å²) in [7, 11) is 3.22. The van der Waals surface area contributed by atoms with Crippen LogP contribution in [-0.4, -0.2) is 88.3 Å². The first kappa shape index (κ1) is 31.8. The number of halogens is 2. The number of carbonyl (C=O) groups excluding carboxylic acids is 1. The van der Waals surface area contributed by atoms with E-state index in [0.29, 0.717) is 64.8 Å². The van der Waals surface area contributed by atoms with E-state index in [0.717, 1.165) is 66.0 Å². The number of nitrogens with zero attached hydrogens (tertiary/aromatic N) is 5. The summed E-state index contributed by atoms with van der Waals surface area (Å²) in [6.07, 6.45) is 3.68. The molecular weight excluding hydrogens is 639 g/mol. The van der Waals surface area contributed by atoms with E-state index >= 15 is 0 Å². The number of fused-ring (bicyclic) bond motifs is 1. The number of aliphatic hydroxyl groups excluding tert-OH is 1. The number of hydrogen-bond acceptors (Lipinski definition) is 9. The average Bonchev–Trinajstić information content (AvgIpc) is 3.48. The smallest absolute Gasteiger partial charge is 0.237 e. The summed E-state index contributed by atoms with van der Waals surface area (Å²) in [5.74, 6) is 1.16. The monoisotopic (exact) mass is 674 g/mol. The van der Waals surface area contributed by atoms with Crippen LogP contribution in [0.3, 0.4) is 0 Å². The van der Waals surface area contributed by atoms with Gasteiger partial charge >= 0.3 is 0 Å². The van der Waals surface area contributed by atoms with Gasteiger partial charge < -0.3 is 19.9 Å². The van der Waals surface area contributed by atoms with Crippen molar-refractivity contribution >= 4 is 29.1 Å². The topological polar surface area (TPSA) is 113 Å². The largest absolute Gasteiger partial charge is 0.481 e. The van der Waals surface area contributed by atoms with Gasteiger partial charge in [-0.05, 0) is 24.5 Å². The Kier molecular flexibility index (Phi) is 9.04. The molecule has 7 rings (SSSR count). The Morgan fingerprint density at radius 1 is 0.915 bits per heavy atom. The van der Waals surface area contributed by atoms with Crippen molar-refractivity contribution in [3.8, 4) is 45.4 Å². The molecule has 12 heteroatoms. The molecule has 0 radical (unpaired) electrons. The van der Waals surface area contributed by atoms with Gasteiger partial charge in [-0.25, -0.2) is 9.97 Å². The number of carbonyl (C=O) groups is 1. The van der Waals surface area contributed by atoms with Crippen molar-refractivity contribution in [2.45, 2.75) is 44.5 Å². The van der Waals surface area contributed by atoms with Gasteiger partial charge in [-0.1, -0.05) is 59.6 Å². The fourth-order valence-electron chi connectivity index (χ4n) is 6.74. The summed E-state index contributed by atoms with van der Waals surface area (Å²) >= 11 is 14.3. The maximum absolute atomic E-state index is 11.7. The van der Waals surface area contributed by atoms with Crippen molar-refractivity contribution < 1.29 is 19.4 Å². The molecule has 0 bridgehead atoms. The number of amides is 1. The second-order valence-electron chi connectivity index (χ2n) is 12.3. The van der Waals surface area contributed by atoms with Crippen LogP contribution in [0.1, 0.15) is 29.7 Å². The van der Waals surface area contributed by atoms with Crippen molar-refractivity contribution in [2.24, 2.45) is 0 Å². The highest BCUT2D eigenvalue weighted by molar-refractivity contribution is 6.39. The normalized spacial score (nSPS) is 18.5. The van der Waals surface area contributed by atoms with Gasteiger partial charge in [0.2, 0.25) is 17.7 Å². The van der Waals surface area contributed by atoms with Gasteiger partial charge in [0, 0.05) is 79.5 Å². The number of aromatic nitrogens is 3. The van der Waals surface area contributed by atoms with Crippen LogP contribution in [0.4, 0.5) is 0 Å². The highest BCUT2D eigenvalue weighted by Gasteiger charge is 2.29. The zero-order chi connectivity index (χ0) is 32.7. The molecule has 0 saturated carbocycles. The van der Waals surface area contributed by atoms with E-state index in [9.17, 15) is 9.90 Å². The number of rotatable bonds is 9. The highest BCUT2D eigenvalue weighted by atomic mass is 35.5. The summed E-state index contributed by atoms with van der Waals surface area (Å²) < 4.78 is 11.4. The van der Waals surface area contributed by atoms with E-state index in [1.54, 1.807) is 20.4 Å². The fourth-order valence-corrected chi connectivity index (χ4v) is 7.39. The molecule has 2 aromatic carbocycles. The Labute approximate surface area is 283 Å². The number of β-amino-alcohol motifs (C(OH)–C–C–N with tert-alkyl or cyclic N) is 1. The van der Waals surface area contributed by atoms with E-state index < -0.39 is 0 Å². The van der Waals surface area contributed by atoms with Crippen molar-refractivity contribution in [1.82, 2.24) is 30.1 Å². The zero-order valence-corrected chi connectivity index (χ0v) is 27.8. The first-order valence-electron chi connectivity index (χ1n) is 15.8. The predicted molar refractivity (Wildman–Crippen MR) is 181 cm³/mol. The number of methoxy groups -OCH3 is 2. The van der Waals surface area contributed by atoms with Crippen LogP contribution in [-0.2, 0) is 24.3 Å². The second-order valence-corrected chi connectivity index (χ2v) is 13.1. The molecule has 1 amide bonds. The van der Waals surface area contributed by atoms with E-state index in [2.05, 4.69) is 26.2 Å². The summed E-state index contributed by atoms with van der Waals surface area (Å²) in [5, 5.41) is 13.7. The number of pyridine rings is 1. The third-order valence-corrected chi connectivity index (χ3v) is 9.98. The van der Waals surface area contributed by atoms with Crippen LogP contribution in [0.2, 0.25) is 10.0 Å². The molecule has 5 heterocycles. The zero-order valence-electron chi connectivity index (χ0n) is 26.3. The van der Waals surface area contributed by atoms with Gasteiger partial charge in [-0.15, -0.1) is 0 Å². The minimum Gasteiger partial charge on any atom is -0.481 e. The minimum atomic E-state index is -0.298. The van der Waals surface area contributed by atoms with E-state index in [4.69, 9.17) is 42.6 Å². The number of aliphatic hydroxyl groups is 1. The van der Waals surface area contributed by atoms with E-state index in [-0.39, 0.29) is 18.1 Å². The first-order chi connectivity index (χ1) is 22.8.